The molecule has 2 heterocycles. The third kappa shape index (κ3) is 3.42. The first-order valence-electron chi connectivity index (χ1n) is 7.99. The standard InChI is InChI=1S/C21H10BrCl2N3/c22-14-7-5-12(6-8-14)19-10-15(17(11-25)21(24)27-19)16-9-13-3-1-2-4-18(13)26-20(16)23/h1-10H. The van der Waals surface area contributed by atoms with Crippen LogP contribution >= 0.6 is 39.1 Å². The van der Waals surface area contributed by atoms with Gasteiger partial charge in [-0.05, 0) is 30.3 Å². The summed E-state index contributed by atoms with van der Waals surface area (Å²) in [6, 6.07) is 21.3. The third-order valence-electron chi connectivity index (χ3n) is 4.19. The number of para-hydroxylation sites is 1. The number of nitriles is 1. The lowest BCUT2D eigenvalue weighted by Gasteiger charge is -2.11. The molecule has 0 N–H and O–H groups in total. The van der Waals surface area contributed by atoms with Crippen molar-refractivity contribution in [1.82, 2.24) is 9.97 Å². The Kier molecular flexibility index (Phi) is 4.84. The molecule has 0 fully saturated rings. The molecular weight excluding hydrogens is 445 g/mol. The number of pyridine rings is 2. The minimum atomic E-state index is 0.136. The zero-order chi connectivity index (χ0) is 19.0. The van der Waals surface area contributed by atoms with Crippen LogP contribution in [0.1, 0.15) is 5.56 Å². The van der Waals surface area contributed by atoms with Crippen molar-refractivity contribution in [3.63, 3.8) is 0 Å². The van der Waals surface area contributed by atoms with E-state index in [4.69, 9.17) is 23.2 Å². The summed E-state index contributed by atoms with van der Waals surface area (Å²) in [6.07, 6.45) is 0. The van der Waals surface area contributed by atoms with Crippen LogP contribution in [-0.4, -0.2) is 9.97 Å². The summed E-state index contributed by atoms with van der Waals surface area (Å²) in [5, 5.41) is 11.0. The predicted molar refractivity (Wildman–Crippen MR) is 113 cm³/mol. The Morgan fingerprint density at radius 1 is 0.852 bits per heavy atom. The Bertz CT molecular complexity index is 1210. The van der Waals surface area contributed by atoms with Crippen LogP contribution in [0.2, 0.25) is 10.3 Å². The molecule has 27 heavy (non-hydrogen) atoms. The lowest BCUT2D eigenvalue weighted by Crippen LogP contribution is -1.95. The van der Waals surface area contributed by atoms with Crippen LogP contribution in [0.25, 0.3) is 33.3 Å². The van der Waals surface area contributed by atoms with Crippen LogP contribution in [-0.2, 0) is 0 Å². The van der Waals surface area contributed by atoms with Gasteiger partial charge in [0.05, 0.1) is 16.8 Å². The van der Waals surface area contributed by atoms with Crippen LogP contribution in [0, 0.1) is 11.3 Å². The number of hydrogen-bond donors (Lipinski definition) is 0. The molecule has 0 saturated heterocycles. The molecule has 0 radical (unpaired) electrons. The molecule has 0 saturated carbocycles. The van der Waals surface area contributed by atoms with E-state index in [0.717, 1.165) is 20.9 Å². The highest BCUT2D eigenvalue weighted by molar-refractivity contribution is 9.10. The largest absolute Gasteiger partial charge is 0.235 e. The smallest absolute Gasteiger partial charge is 0.148 e. The number of nitrogens with zero attached hydrogens (tertiary/aromatic N) is 3. The fourth-order valence-corrected chi connectivity index (χ4v) is 3.63. The van der Waals surface area contributed by atoms with E-state index in [1.807, 2.05) is 60.7 Å². The molecule has 0 aliphatic rings. The molecule has 130 valence electrons. The molecule has 0 atom stereocenters. The highest BCUT2D eigenvalue weighted by Crippen LogP contribution is 2.36. The average Bonchev–Trinajstić information content (AvgIpc) is 2.67. The van der Waals surface area contributed by atoms with Gasteiger partial charge >= 0.3 is 0 Å². The van der Waals surface area contributed by atoms with Crippen LogP contribution in [0.15, 0.2) is 65.1 Å². The van der Waals surface area contributed by atoms with Crippen molar-refractivity contribution in [3.05, 3.63) is 81.0 Å². The lowest BCUT2D eigenvalue weighted by molar-refractivity contribution is 1.29. The predicted octanol–water partition coefficient (Wildman–Crippen LogP) is 6.90. The summed E-state index contributed by atoms with van der Waals surface area (Å²) in [5.74, 6) is 0. The second kappa shape index (κ2) is 7.28. The van der Waals surface area contributed by atoms with Gasteiger partial charge in [-0.3, -0.25) is 0 Å². The zero-order valence-electron chi connectivity index (χ0n) is 13.7. The molecule has 6 heteroatoms. The Hall–Kier alpha value is -2.45. The molecule has 0 aliphatic heterocycles. The summed E-state index contributed by atoms with van der Waals surface area (Å²) in [6.45, 7) is 0. The van der Waals surface area contributed by atoms with Crippen LogP contribution < -0.4 is 0 Å². The van der Waals surface area contributed by atoms with Gasteiger partial charge < -0.3 is 0 Å². The number of hydrogen-bond acceptors (Lipinski definition) is 3. The molecule has 0 aliphatic carbocycles. The number of fused-ring (bicyclic) bond motifs is 1. The van der Waals surface area contributed by atoms with E-state index in [9.17, 15) is 5.26 Å². The van der Waals surface area contributed by atoms with Crippen molar-refractivity contribution in [2.24, 2.45) is 0 Å². The molecule has 2 aromatic heterocycles. The van der Waals surface area contributed by atoms with Crippen LogP contribution in [0.5, 0.6) is 0 Å². The van der Waals surface area contributed by atoms with Crippen molar-refractivity contribution >= 4 is 50.0 Å². The second-order valence-corrected chi connectivity index (χ2v) is 7.49. The van der Waals surface area contributed by atoms with Gasteiger partial charge in [-0.2, -0.15) is 5.26 Å². The number of benzene rings is 2. The van der Waals surface area contributed by atoms with Gasteiger partial charge in [0.25, 0.3) is 0 Å². The van der Waals surface area contributed by atoms with Gasteiger partial charge in [0.2, 0.25) is 0 Å². The normalized spacial score (nSPS) is 10.7. The third-order valence-corrected chi connectivity index (χ3v) is 5.28. The first-order valence-corrected chi connectivity index (χ1v) is 9.54. The molecular formula is C21H10BrCl2N3. The summed E-state index contributed by atoms with van der Waals surface area (Å²) in [7, 11) is 0. The Labute approximate surface area is 174 Å². The Morgan fingerprint density at radius 2 is 1.59 bits per heavy atom. The highest BCUT2D eigenvalue weighted by Gasteiger charge is 2.17. The molecule has 0 unspecified atom stereocenters. The fraction of sp³-hybridized carbons (Fsp3) is 0. The van der Waals surface area contributed by atoms with Crippen molar-refractivity contribution < 1.29 is 0 Å². The monoisotopic (exact) mass is 453 g/mol. The van der Waals surface area contributed by atoms with Gasteiger partial charge in [0, 0.05) is 26.5 Å². The van der Waals surface area contributed by atoms with Gasteiger partial charge in [-0.25, -0.2) is 9.97 Å². The minimum absolute atomic E-state index is 0.136. The molecule has 2 aromatic carbocycles. The summed E-state index contributed by atoms with van der Waals surface area (Å²) in [5.41, 5.74) is 3.87. The van der Waals surface area contributed by atoms with E-state index in [2.05, 4.69) is 32.0 Å². The molecule has 0 bridgehead atoms. The van der Waals surface area contributed by atoms with Crippen LogP contribution in [0.3, 0.4) is 0 Å². The van der Waals surface area contributed by atoms with Gasteiger partial charge in [-0.1, -0.05) is 69.5 Å². The maximum Gasteiger partial charge on any atom is 0.148 e. The summed E-state index contributed by atoms with van der Waals surface area (Å²) in [4.78, 5) is 8.84. The van der Waals surface area contributed by atoms with Gasteiger partial charge in [-0.15, -0.1) is 0 Å². The summed E-state index contributed by atoms with van der Waals surface area (Å²) >= 11 is 16.2. The zero-order valence-corrected chi connectivity index (χ0v) is 16.8. The van der Waals surface area contributed by atoms with Crippen molar-refractivity contribution in [2.45, 2.75) is 0 Å². The first-order chi connectivity index (χ1) is 13.1. The van der Waals surface area contributed by atoms with Gasteiger partial charge in [0.15, 0.2) is 0 Å². The first kappa shape index (κ1) is 17.9. The molecule has 0 amide bonds. The Morgan fingerprint density at radius 3 is 2.33 bits per heavy atom. The minimum Gasteiger partial charge on any atom is -0.235 e. The van der Waals surface area contributed by atoms with Gasteiger partial charge in [0.1, 0.15) is 16.4 Å². The fourth-order valence-electron chi connectivity index (χ4n) is 2.88. The molecule has 4 rings (SSSR count). The number of aromatic nitrogens is 2. The molecule has 3 nitrogen and oxygen atoms in total. The molecule has 4 aromatic rings. The number of rotatable bonds is 2. The maximum absolute atomic E-state index is 9.62. The van der Waals surface area contributed by atoms with Crippen molar-refractivity contribution in [1.29, 1.82) is 5.26 Å². The van der Waals surface area contributed by atoms with E-state index in [1.54, 1.807) is 0 Å². The molecule has 0 spiro atoms. The van der Waals surface area contributed by atoms with E-state index in [-0.39, 0.29) is 10.7 Å². The van der Waals surface area contributed by atoms with E-state index in [0.29, 0.717) is 22.0 Å². The Balaban J connectivity index is 1.98. The highest BCUT2D eigenvalue weighted by atomic mass is 79.9. The van der Waals surface area contributed by atoms with E-state index in [1.165, 1.54) is 0 Å². The second-order valence-electron chi connectivity index (χ2n) is 5.86. The SMILES string of the molecule is N#Cc1c(-c2cc3ccccc3nc2Cl)cc(-c2ccc(Br)cc2)nc1Cl. The topological polar surface area (TPSA) is 49.6 Å². The average molecular weight is 455 g/mol. The van der Waals surface area contributed by atoms with Crippen molar-refractivity contribution in [3.8, 4) is 28.5 Å². The van der Waals surface area contributed by atoms with E-state index < -0.39 is 0 Å². The lowest BCUT2D eigenvalue weighted by atomic mass is 9.99. The quantitative estimate of drug-likeness (QED) is 0.309. The van der Waals surface area contributed by atoms with Crippen molar-refractivity contribution in [2.75, 3.05) is 0 Å². The maximum atomic E-state index is 9.62. The van der Waals surface area contributed by atoms with Crippen LogP contribution in [0.4, 0.5) is 0 Å². The summed E-state index contributed by atoms with van der Waals surface area (Å²) < 4.78 is 0.966. The number of halogens is 3. The van der Waals surface area contributed by atoms with E-state index >= 15 is 0 Å².